The van der Waals surface area contributed by atoms with Gasteiger partial charge in [-0.05, 0) is 49.5 Å². The average Bonchev–Trinajstić information content (AvgIpc) is 2.63. The number of rotatable bonds is 6. The predicted octanol–water partition coefficient (Wildman–Crippen LogP) is 3.47. The van der Waals surface area contributed by atoms with E-state index >= 15 is 0 Å². The molecule has 0 spiro atoms. The standard InChI is InChI=1S/C19H27N5/c1-2-19(11-6-10-16-8-4-3-5-9-16)12-7-13-24(14-19)18-22-15-21-17(20)23-18/h3-5,8-9,15H,2,6-7,10-14H2,1H3,(H2,20,21,22,23). The first-order valence-electron chi connectivity index (χ1n) is 8.94. The Balaban J connectivity index is 1.63. The molecule has 1 aromatic carbocycles. The minimum Gasteiger partial charge on any atom is -0.368 e. The van der Waals surface area contributed by atoms with Crippen molar-refractivity contribution in [1.82, 2.24) is 15.0 Å². The van der Waals surface area contributed by atoms with Gasteiger partial charge in [0.1, 0.15) is 6.33 Å². The van der Waals surface area contributed by atoms with Crippen LogP contribution in [0.1, 0.15) is 44.6 Å². The van der Waals surface area contributed by atoms with E-state index in [2.05, 4.69) is 57.1 Å². The van der Waals surface area contributed by atoms with Gasteiger partial charge < -0.3 is 10.6 Å². The molecule has 5 nitrogen and oxygen atoms in total. The Labute approximate surface area is 144 Å². The van der Waals surface area contributed by atoms with Gasteiger partial charge in [0.05, 0.1) is 0 Å². The second-order valence-electron chi connectivity index (χ2n) is 6.86. The third-order valence-electron chi connectivity index (χ3n) is 5.29. The van der Waals surface area contributed by atoms with Crippen molar-refractivity contribution in [2.75, 3.05) is 23.7 Å². The molecular weight excluding hydrogens is 298 g/mol. The number of aryl methyl sites for hydroxylation is 1. The number of aromatic nitrogens is 3. The molecule has 2 aromatic rings. The van der Waals surface area contributed by atoms with Crippen molar-refractivity contribution < 1.29 is 0 Å². The summed E-state index contributed by atoms with van der Waals surface area (Å²) in [5.74, 6) is 1.03. The Morgan fingerprint density at radius 2 is 2.04 bits per heavy atom. The van der Waals surface area contributed by atoms with E-state index in [-0.39, 0.29) is 0 Å². The SMILES string of the molecule is CCC1(CCCc2ccccc2)CCCN(c2ncnc(N)n2)C1. The first-order valence-corrected chi connectivity index (χ1v) is 8.94. The molecule has 1 aliphatic heterocycles. The molecule has 1 aliphatic rings. The number of nitrogens with two attached hydrogens (primary N) is 1. The summed E-state index contributed by atoms with van der Waals surface area (Å²) in [5.41, 5.74) is 7.51. The van der Waals surface area contributed by atoms with E-state index in [1.165, 1.54) is 44.0 Å². The van der Waals surface area contributed by atoms with Crippen molar-refractivity contribution in [2.45, 2.75) is 45.4 Å². The first kappa shape index (κ1) is 16.7. The summed E-state index contributed by atoms with van der Waals surface area (Å²) >= 11 is 0. The van der Waals surface area contributed by atoms with Crippen LogP contribution in [-0.4, -0.2) is 28.0 Å². The normalized spacial score (nSPS) is 21.0. The monoisotopic (exact) mass is 325 g/mol. The van der Waals surface area contributed by atoms with Gasteiger partial charge in [0.15, 0.2) is 0 Å². The summed E-state index contributed by atoms with van der Waals surface area (Å²) < 4.78 is 0. The molecule has 1 fully saturated rings. The Morgan fingerprint density at radius 3 is 2.79 bits per heavy atom. The molecule has 128 valence electrons. The van der Waals surface area contributed by atoms with Crippen LogP contribution in [0.2, 0.25) is 0 Å². The zero-order chi connectivity index (χ0) is 16.8. The third-order valence-corrected chi connectivity index (χ3v) is 5.29. The van der Waals surface area contributed by atoms with Crippen LogP contribution in [0.5, 0.6) is 0 Å². The second kappa shape index (κ2) is 7.60. The number of hydrogen-bond donors (Lipinski definition) is 1. The first-order chi connectivity index (χ1) is 11.7. The summed E-state index contributed by atoms with van der Waals surface area (Å²) in [6.07, 6.45) is 8.80. The lowest BCUT2D eigenvalue weighted by Crippen LogP contribution is -2.44. The third kappa shape index (κ3) is 4.02. The van der Waals surface area contributed by atoms with Gasteiger partial charge in [-0.2, -0.15) is 4.98 Å². The van der Waals surface area contributed by atoms with Gasteiger partial charge in [-0.3, -0.25) is 0 Å². The van der Waals surface area contributed by atoms with E-state index in [9.17, 15) is 0 Å². The van der Waals surface area contributed by atoms with E-state index in [0.717, 1.165) is 25.5 Å². The van der Waals surface area contributed by atoms with Crippen LogP contribution >= 0.6 is 0 Å². The Hall–Kier alpha value is -2.17. The Kier molecular flexibility index (Phi) is 5.28. The second-order valence-corrected chi connectivity index (χ2v) is 6.86. The largest absolute Gasteiger partial charge is 0.368 e. The fourth-order valence-corrected chi connectivity index (χ4v) is 3.81. The highest BCUT2D eigenvalue weighted by atomic mass is 15.3. The lowest BCUT2D eigenvalue weighted by molar-refractivity contribution is 0.197. The molecule has 1 saturated heterocycles. The molecule has 0 amide bonds. The van der Waals surface area contributed by atoms with E-state index in [4.69, 9.17) is 5.73 Å². The highest BCUT2D eigenvalue weighted by molar-refractivity contribution is 5.34. The molecule has 0 radical (unpaired) electrons. The Bertz CT molecular complexity index is 645. The molecule has 3 rings (SSSR count). The molecule has 0 saturated carbocycles. The van der Waals surface area contributed by atoms with Crippen molar-refractivity contribution in [3.63, 3.8) is 0 Å². The van der Waals surface area contributed by atoms with Crippen LogP contribution in [0.3, 0.4) is 0 Å². The predicted molar refractivity (Wildman–Crippen MR) is 97.8 cm³/mol. The fourth-order valence-electron chi connectivity index (χ4n) is 3.81. The van der Waals surface area contributed by atoms with Gasteiger partial charge in [-0.25, -0.2) is 9.97 Å². The maximum atomic E-state index is 5.72. The summed E-state index contributed by atoms with van der Waals surface area (Å²) in [6, 6.07) is 10.8. The van der Waals surface area contributed by atoms with E-state index < -0.39 is 0 Å². The van der Waals surface area contributed by atoms with Crippen LogP contribution in [0.25, 0.3) is 0 Å². The highest BCUT2D eigenvalue weighted by Crippen LogP contribution is 2.39. The van der Waals surface area contributed by atoms with Gasteiger partial charge in [0, 0.05) is 13.1 Å². The molecule has 24 heavy (non-hydrogen) atoms. The number of anilines is 2. The molecule has 1 aromatic heterocycles. The number of nitrogen functional groups attached to an aromatic ring is 1. The zero-order valence-electron chi connectivity index (χ0n) is 14.5. The van der Waals surface area contributed by atoms with Gasteiger partial charge in [-0.1, -0.05) is 37.3 Å². The van der Waals surface area contributed by atoms with Crippen molar-refractivity contribution >= 4 is 11.9 Å². The summed E-state index contributed by atoms with van der Waals surface area (Å²) in [4.78, 5) is 14.8. The molecule has 5 heteroatoms. The zero-order valence-corrected chi connectivity index (χ0v) is 14.5. The van der Waals surface area contributed by atoms with E-state index in [0.29, 0.717) is 11.4 Å². The summed E-state index contributed by atoms with van der Waals surface area (Å²) in [6.45, 7) is 4.33. The van der Waals surface area contributed by atoms with Crippen LogP contribution in [-0.2, 0) is 6.42 Å². The lowest BCUT2D eigenvalue weighted by atomic mass is 9.74. The number of piperidine rings is 1. The smallest absolute Gasteiger partial charge is 0.230 e. The fraction of sp³-hybridized carbons (Fsp3) is 0.526. The van der Waals surface area contributed by atoms with Gasteiger partial charge in [-0.15, -0.1) is 0 Å². The summed E-state index contributed by atoms with van der Waals surface area (Å²) in [7, 11) is 0. The molecule has 2 N–H and O–H groups in total. The van der Waals surface area contributed by atoms with Crippen LogP contribution < -0.4 is 10.6 Å². The quantitative estimate of drug-likeness (QED) is 0.880. The van der Waals surface area contributed by atoms with Gasteiger partial charge >= 0.3 is 0 Å². The maximum absolute atomic E-state index is 5.72. The number of benzene rings is 1. The topological polar surface area (TPSA) is 67.9 Å². The van der Waals surface area contributed by atoms with Crippen molar-refractivity contribution in [3.05, 3.63) is 42.2 Å². The lowest BCUT2D eigenvalue weighted by Gasteiger charge is -2.42. The molecule has 0 bridgehead atoms. The van der Waals surface area contributed by atoms with Crippen LogP contribution in [0, 0.1) is 5.41 Å². The average molecular weight is 325 g/mol. The molecule has 2 heterocycles. The maximum Gasteiger partial charge on any atom is 0.230 e. The number of nitrogens with zero attached hydrogens (tertiary/aromatic N) is 4. The highest BCUT2D eigenvalue weighted by Gasteiger charge is 2.34. The number of hydrogen-bond acceptors (Lipinski definition) is 5. The van der Waals surface area contributed by atoms with Crippen molar-refractivity contribution in [2.24, 2.45) is 5.41 Å². The molecular formula is C19H27N5. The summed E-state index contributed by atoms with van der Waals surface area (Å²) in [5, 5.41) is 0. The van der Waals surface area contributed by atoms with Crippen molar-refractivity contribution in [3.8, 4) is 0 Å². The molecule has 1 unspecified atom stereocenters. The van der Waals surface area contributed by atoms with Crippen LogP contribution in [0.15, 0.2) is 36.7 Å². The Morgan fingerprint density at radius 1 is 1.21 bits per heavy atom. The molecule has 0 aliphatic carbocycles. The van der Waals surface area contributed by atoms with E-state index in [1.807, 2.05) is 0 Å². The van der Waals surface area contributed by atoms with Gasteiger partial charge in [0.2, 0.25) is 11.9 Å². The molecule has 1 atom stereocenters. The minimum absolute atomic E-state index is 0.303. The van der Waals surface area contributed by atoms with Crippen molar-refractivity contribution in [1.29, 1.82) is 0 Å². The van der Waals surface area contributed by atoms with Crippen LogP contribution in [0.4, 0.5) is 11.9 Å². The van der Waals surface area contributed by atoms with Gasteiger partial charge in [0.25, 0.3) is 0 Å². The minimum atomic E-state index is 0.303. The van der Waals surface area contributed by atoms with E-state index in [1.54, 1.807) is 0 Å².